The van der Waals surface area contributed by atoms with Gasteiger partial charge in [0, 0.05) is 18.2 Å². The monoisotopic (exact) mass is 456 g/mol. The number of hydrogen-bond donors (Lipinski definition) is 1. The summed E-state index contributed by atoms with van der Waals surface area (Å²) in [4.78, 5) is 12.0. The Labute approximate surface area is 195 Å². The predicted molar refractivity (Wildman–Crippen MR) is 133 cm³/mol. The fraction of sp³-hybridized carbons (Fsp3) is 0.231. The number of rotatable bonds is 5. The summed E-state index contributed by atoms with van der Waals surface area (Å²) in [7, 11) is 1.73. The van der Waals surface area contributed by atoms with Gasteiger partial charge in [-0.3, -0.25) is 4.57 Å². The summed E-state index contributed by atoms with van der Waals surface area (Å²) in [5, 5.41) is 4.96. The zero-order chi connectivity index (χ0) is 22.5. The molecule has 6 rings (SSSR count). The van der Waals surface area contributed by atoms with Gasteiger partial charge in [0.2, 0.25) is 0 Å². The molecule has 0 radical (unpaired) electrons. The standard InChI is InChI=1S/C26H24N4O2S/c1-4-32-18-11-9-16(10-12-18)24-29-22-21-17(14-31-3)13-15(2)27-26(21)33-23(22)25-28-19-7-5-6-8-20(19)30(24)25/h5-13,24,29H,4,14H2,1-3H3/t24-/m0/s1. The Hall–Kier alpha value is -3.42. The van der Waals surface area contributed by atoms with Crippen molar-refractivity contribution in [1.29, 1.82) is 0 Å². The molecule has 1 atom stereocenters. The Kier molecular flexibility index (Phi) is 4.81. The van der Waals surface area contributed by atoms with Gasteiger partial charge >= 0.3 is 0 Å². The van der Waals surface area contributed by atoms with Crippen LogP contribution in [0.5, 0.6) is 5.75 Å². The number of nitrogens with zero attached hydrogens (tertiary/aromatic N) is 3. The number of thiophene rings is 1. The second-order valence-electron chi connectivity index (χ2n) is 8.19. The molecule has 1 aliphatic heterocycles. The second-order valence-corrected chi connectivity index (χ2v) is 9.18. The highest BCUT2D eigenvalue weighted by molar-refractivity contribution is 7.22. The summed E-state index contributed by atoms with van der Waals surface area (Å²) >= 11 is 1.69. The lowest BCUT2D eigenvalue weighted by Crippen LogP contribution is -2.24. The third-order valence-corrected chi connectivity index (χ3v) is 7.10. The Bertz CT molecular complexity index is 1490. The van der Waals surface area contributed by atoms with Crippen LogP contribution in [0.25, 0.3) is 32.0 Å². The first-order chi connectivity index (χ1) is 16.2. The second kappa shape index (κ2) is 7.86. The van der Waals surface area contributed by atoms with E-state index in [2.05, 4.69) is 46.3 Å². The van der Waals surface area contributed by atoms with E-state index >= 15 is 0 Å². The number of imidazole rings is 1. The van der Waals surface area contributed by atoms with Gasteiger partial charge in [0.15, 0.2) is 5.82 Å². The first-order valence-electron chi connectivity index (χ1n) is 11.1. The van der Waals surface area contributed by atoms with E-state index in [0.717, 1.165) is 60.2 Å². The van der Waals surface area contributed by atoms with Crippen molar-refractivity contribution < 1.29 is 9.47 Å². The normalized spacial score (nSPS) is 14.8. The number of ether oxygens (including phenoxy) is 2. The van der Waals surface area contributed by atoms with Gasteiger partial charge in [-0.15, -0.1) is 11.3 Å². The SMILES string of the molecule is CCOc1ccc([C@H]2Nc3c(sc4nc(C)cc(COC)c34)-c3nc4ccccc4n32)cc1. The lowest BCUT2D eigenvalue weighted by Gasteiger charge is -2.29. The molecule has 0 fully saturated rings. The van der Waals surface area contributed by atoms with Crippen LogP contribution in [0.3, 0.4) is 0 Å². The average Bonchev–Trinajstić information content (AvgIpc) is 3.38. The molecule has 0 saturated carbocycles. The number of benzene rings is 2. The van der Waals surface area contributed by atoms with Gasteiger partial charge in [-0.1, -0.05) is 24.3 Å². The molecule has 2 aromatic carbocycles. The Morgan fingerprint density at radius 2 is 1.91 bits per heavy atom. The van der Waals surface area contributed by atoms with Crippen LogP contribution in [-0.2, 0) is 11.3 Å². The zero-order valence-electron chi connectivity index (χ0n) is 18.8. The third-order valence-electron chi connectivity index (χ3n) is 6.02. The molecule has 0 bridgehead atoms. The summed E-state index contributed by atoms with van der Waals surface area (Å²) in [6.45, 7) is 5.21. The van der Waals surface area contributed by atoms with E-state index in [0.29, 0.717) is 13.2 Å². The number of fused-ring (bicyclic) bond motifs is 7. The number of aromatic nitrogens is 3. The van der Waals surface area contributed by atoms with Crippen molar-refractivity contribution in [3.05, 3.63) is 71.4 Å². The molecular weight excluding hydrogens is 432 g/mol. The van der Waals surface area contributed by atoms with E-state index in [1.807, 2.05) is 32.0 Å². The van der Waals surface area contributed by atoms with Crippen LogP contribution in [0.15, 0.2) is 54.6 Å². The summed E-state index contributed by atoms with van der Waals surface area (Å²) < 4.78 is 13.5. The van der Waals surface area contributed by atoms with E-state index in [9.17, 15) is 0 Å². The highest BCUT2D eigenvalue weighted by Gasteiger charge is 2.32. The van der Waals surface area contributed by atoms with Gasteiger partial charge in [0.05, 0.1) is 34.8 Å². The highest BCUT2D eigenvalue weighted by Crippen LogP contribution is 2.49. The number of hydrogen-bond acceptors (Lipinski definition) is 6. The molecule has 0 amide bonds. The van der Waals surface area contributed by atoms with Crippen molar-refractivity contribution in [2.75, 3.05) is 19.0 Å². The predicted octanol–water partition coefficient (Wildman–Crippen LogP) is 6.14. The van der Waals surface area contributed by atoms with Crippen molar-refractivity contribution >= 4 is 38.3 Å². The number of anilines is 1. The summed E-state index contributed by atoms with van der Waals surface area (Å²) in [6, 6.07) is 18.7. The van der Waals surface area contributed by atoms with Crippen molar-refractivity contribution in [2.45, 2.75) is 26.6 Å². The van der Waals surface area contributed by atoms with E-state index < -0.39 is 0 Å². The van der Waals surface area contributed by atoms with Crippen LogP contribution in [0, 0.1) is 6.92 Å². The number of methoxy groups -OCH3 is 1. The highest BCUT2D eigenvalue weighted by atomic mass is 32.1. The maximum Gasteiger partial charge on any atom is 0.155 e. The Morgan fingerprint density at radius 3 is 2.70 bits per heavy atom. The minimum atomic E-state index is -0.106. The summed E-state index contributed by atoms with van der Waals surface area (Å²) in [5.74, 6) is 1.84. The van der Waals surface area contributed by atoms with Gasteiger partial charge in [0.1, 0.15) is 16.7 Å². The number of pyridine rings is 1. The third kappa shape index (κ3) is 3.19. The molecule has 0 unspecified atom stereocenters. The van der Waals surface area contributed by atoms with Crippen molar-refractivity contribution in [2.24, 2.45) is 0 Å². The quantitative estimate of drug-likeness (QED) is 0.344. The van der Waals surface area contributed by atoms with Crippen LogP contribution in [0.1, 0.15) is 29.9 Å². The van der Waals surface area contributed by atoms with Crippen LogP contribution >= 0.6 is 11.3 Å². The molecule has 1 aliphatic rings. The van der Waals surface area contributed by atoms with E-state index in [1.165, 1.54) is 0 Å². The fourth-order valence-corrected chi connectivity index (χ4v) is 5.91. The van der Waals surface area contributed by atoms with Crippen molar-refractivity contribution in [1.82, 2.24) is 14.5 Å². The lowest BCUT2D eigenvalue weighted by molar-refractivity contribution is 0.186. The molecule has 6 nitrogen and oxygen atoms in total. The molecule has 3 aromatic heterocycles. The molecule has 0 spiro atoms. The molecule has 7 heteroatoms. The van der Waals surface area contributed by atoms with Crippen LogP contribution < -0.4 is 10.1 Å². The first kappa shape index (κ1) is 20.2. The maximum atomic E-state index is 5.67. The molecule has 33 heavy (non-hydrogen) atoms. The molecule has 0 aliphatic carbocycles. The molecule has 1 N–H and O–H groups in total. The largest absolute Gasteiger partial charge is 0.494 e. The lowest BCUT2D eigenvalue weighted by atomic mass is 10.1. The Morgan fingerprint density at radius 1 is 1.09 bits per heavy atom. The smallest absolute Gasteiger partial charge is 0.155 e. The van der Waals surface area contributed by atoms with Gasteiger partial charge in [-0.05, 0) is 55.3 Å². The molecular formula is C26H24N4O2S. The van der Waals surface area contributed by atoms with Crippen LogP contribution in [-0.4, -0.2) is 28.3 Å². The van der Waals surface area contributed by atoms with E-state index in [4.69, 9.17) is 19.4 Å². The minimum Gasteiger partial charge on any atom is -0.494 e. The zero-order valence-corrected chi connectivity index (χ0v) is 19.6. The van der Waals surface area contributed by atoms with E-state index in [1.54, 1.807) is 18.4 Å². The molecule has 0 saturated heterocycles. The number of aryl methyl sites for hydroxylation is 1. The average molecular weight is 457 g/mol. The van der Waals surface area contributed by atoms with Gasteiger partial charge < -0.3 is 14.8 Å². The molecule has 4 heterocycles. The molecule has 166 valence electrons. The number of nitrogens with one attached hydrogen (secondary N) is 1. The first-order valence-corrected chi connectivity index (χ1v) is 11.9. The summed E-state index contributed by atoms with van der Waals surface area (Å²) in [5.41, 5.74) is 6.43. The minimum absolute atomic E-state index is 0.106. The van der Waals surface area contributed by atoms with Gasteiger partial charge in [-0.25, -0.2) is 9.97 Å². The number of para-hydroxylation sites is 2. The van der Waals surface area contributed by atoms with Gasteiger partial charge in [0.25, 0.3) is 0 Å². The fourth-order valence-electron chi connectivity index (χ4n) is 4.69. The topological polar surface area (TPSA) is 61.2 Å². The van der Waals surface area contributed by atoms with Crippen LogP contribution in [0.2, 0.25) is 0 Å². The molecule has 5 aromatic rings. The van der Waals surface area contributed by atoms with Crippen molar-refractivity contribution in [3.63, 3.8) is 0 Å². The van der Waals surface area contributed by atoms with E-state index in [-0.39, 0.29) is 6.17 Å². The van der Waals surface area contributed by atoms with Crippen molar-refractivity contribution in [3.8, 4) is 16.5 Å². The van der Waals surface area contributed by atoms with Crippen LogP contribution in [0.4, 0.5) is 5.69 Å². The van der Waals surface area contributed by atoms with Gasteiger partial charge in [-0.2, -0.15) is 0 Å². The summed E-state index contributed by atoms with van der Waals surface area (Å²) in [6.07, 6.45) is -0.106. The maximum absolute atomic E-state index is 5.67. The Balaban J connectivity index is 1.61.